The summed E-state index contributed by atoms with van der Waals surface area (Å²) in [4.78, 5) is 16.3. The van der Waals surface area contributed by atoms with Crippen LogP contribution in [-0.2, 0) is 0 Å². The molecule has 128 valence electrons. The normalized spacial score (nSPS) is 10.9. The van der Waals surface area contributed by atoms with Gasteiger partial charge in [0, 0.05) is 22.7 Å². The fourth-order valence-electron chi connectivity index (χ4n) is 2.22. The lowest BCUT2D eigenvalue weighted by Crippen LogP contribution is -2.12. The number of benzene rings is 2. The molecule has 25 heavy (non-hydrogen) atoms. The van der Waals surface area contributed by atoms with Crippen molar-refractivity contribution in [3.8, 4) is 11.5 Å². The predicted octanol–water partition coefficient (Wildman–Crippen LogP) is 5.00. The van der Waals surface area contributed by atoms with E-state index in [4.69, 9.17) is 4.42 Å². The van der Waals surface area contributed by atoms with E-state index in [1.54, 1.807) is 30.5 Å². The molecule has 0 atom stereocenters. The summed E-state index contributed by atoms with van der Waals surface area (Å²) in [6.07, 6.45) is 1.69. The number of amides is 1. The summed E-state index contributed by atoms with van der Waals surface area (Å²) in [6.45, 7) is 4.03. The SMILES string of the molecule is CC(C)c1cnc(-c2ccc(NC(=O)c3ccc(F)c(F)c3)cc2)o1. The average Bonchev–Trinajstić information content (AvgIpc) is 3.08. The number of carbonyl (C=O) groups excluding carboxylic acids is 1. The van der Waals surface area contributed by atoms with E-state index in [0.717, 1.165) is 23.5 Å². The third kappa shape index (κ3) is 3.74. The highest BCUT2D eigenvalue weighted by Crippen LogP contribution is 2.24. The lowest BCUT2D eigenvalue weighted by atomic mass is 10.1. The Labute approximate surface area is 143 Å². The van der Waals surface area contributed by atoms with Crippen LogP contribution in [0, 0.1) is 11.6 Å². The molecule has 6 heteroatoms. The van der Waals surface area contributed by atoms with Crippen molar-refractivity contribution in [1.82, 2.24) is 4.98 Å². The van der Waals surface area contributed by atoms with Crippen LogP contribution in [-0.4, -0.2) is 10.9 Å². The molecule has 0 unspecified atom stereocenters. The topological polar surface area (TPSA) is 55.1 Å². The zero-order valence-electron chi connectivity index (χ0n) is 13.7. The van der Waals surface area contributed by atoms with E-state index in [-0.39, 0.29) is 11.5 Å². The van der Waals surface area contributed by atoms with E-state index in [0.29, 0.717) is 11.6 Å². The van der Waals surface area contributed by atoms with E-state index >= 15 is 0 Å². The van der Waals surface area contributed by atoms with Gasteiger partial charge in [-0.05, 0) is 42.5 Å². The maximum atomic E-state index is 13.2. The Morgan fingerprint density at radius 3 is 2.40 bits per heavy atom. The first-order valence-corrected chi connectivity index (χ1v) is 7.76. The Kier molecular flexibility index (Phi) is 4.61. The Hall–Kier alpha value is -3.02. The molecule has 4 nitrogen and oxygen atoms in total. The third-order valence-electron chi connectivity index (χ3n) is 3.66. The van der Waals surface area contributed by atoms with Gasteiger partial charge >= 0.3 is 0 Å². The number of anilines is 1. The third-order valence-corrected chi connectivity index (χ3v) is 3.66. The first-order chi connectivity index (χ1) is 11.9. The van der Waals surface area contributed by atoms with Crippen LogP contribution < -0.4 is 5.32 Å². The molecule has 2 aromatic carbocycles. The summed E-state index contributed by atoms with van der Waals surface area (Å²) in [5, 5.41) is 2.63. The van der Waals surface area contributed by atoms with Crippen molar-refractivity contribution in [2.45, 2.75) is 19.8 Å². The Morgan fingerprint density at radius 2 is 1.80 bits per heavy atom. The summed E-state index contributed by atoms with van der Waals surface area (Å²) >= 11 is 0. The van der Waals surface area contributed by atoms with Crippen molar-refractivity contribution in [2.75, 3.05) is 5.32 Å². The average molecular weight is 342 g/mol. The molecule has 0 fully saturated rings. The number of nitrogens with zero attached hydrogens (tertiary/aromatic N) is 1. The highest BCUT2D eigenvalue weighted by molar-refractivity contribution is 6.04. The van der Waals surface area contributed by atoms with E-state index in [1.165, 1.54) is 6.07 Å². The van der Waals surface area contributed by atoms with Gasteiger partial charge in [-0.15, -0.1) is 0 Å². The quantitative estimate of drug-likeness (QED) is 0.726. The molecule has 1 heterocycles. The molecule has 1 aromatic heterocycles. The lowest BCUT2D eigenvalue weighted by Gasteiger charge is -2.06. The molecule has 1 amide bonds. The van der Waals surface area contributed by atoms with Crippen molar-refractivity contribution in [3.63, 3.8) is 0 Å². The van der Waals surface area contributed by atoms with Crippen LogP contribution in [0.1, 0.15) is 35.9 Å². The highest BCUT2D eigenvalue weighted by Gasteiger charge is 2.12. The number of hydrogen-bond acceptors (Lipinski definition) is 3. The van der Waals surface area contributed by atoms with Gasteiger partial charge in [0.2, 0.25) is 5.89 Å². The van der Waals surface area contributed by atoms with Gasteiger partial charge < -0.3 is 9.73 Å². The molecule has 0 spiro atoms. The smallest absolute Gasteiger partial charge is 0.255 e. The number of aromatic nitrogens is 1. The summed E-state index contributed by atoms with van der Waals surface area (Å²) < 4.78 is 31.8. The van der Waals surface area contributed by atoms with E-state index < -0.39 is 17.5 Å². The maximum Gasteiger partial charge on any atom is 0.255 e. The summed E-state index contributed by atoms with van der Waals surface area (Å²) in [5.74, 6) is -1.03. The lowest BCUT2D eigenvalue weighted by molar-refractivity contribution is 0.102. The van der Waals surface area contributed by atoms with Crippen LogP contribution in [0.25, 0.3) is 11.5 Å². The van der Waals surface area contributed by atoms with Crippen molar-refractivity contribution >= 4 is 11.6 Å². The van der Waals surface area contributed by atoms with E-state index in [9.17, 15) is 13.6 Å². The molecule has 0 aliphatic carbocycles. The minimum atomic E-state index is -1.06. The first kappa shape index (κ1) is 16.8. The van der Waals surface area contributed by atoms with Crippen LogP contribution in [0.15, 0.2) is 53.1 Å². The second kappa shape index (κ2) is 6.84. The summed E-state index contributed by atoms with van der Waals surface area (Å²) in [6, 6.07) is 9.90. The maximum absolute atomic E-state index is 13.2. The fourth-order valence-corrected chi connectivity index (χ4v) is 2.22. The molecule has 0 aliphatic heterocycles. The molecule has 0 saturated heterocycles. The number of nitrogens with one attached hydrogen (secondary N) is 1. The van der Waals surface area contributed by atoms with Crippen LogP contribution in [0.4, 0.5) is 14.5 Å². The molecular weight excluding hydrogens is 326 g/mol. The van der Waals surface area contributed by atoms with Gasteiger partial charge in [-0.3, -0.25) is 4.79 Å². The summed E-state index contributed by atoms with van der Waals surface area (Å²) in [7, 11) is 0. The molecule has 3 aromatic rings. The van der Waals surface area contributed by atoms with Crippen molar-refractivity contribution in [1.29, 1.82) is 0 Å². The van der Waals surface area contributed by atoms with Gasteiger partial charge in [-0.2, -0.15) is 0 Å². The Morgan fingerprint density at radius 1 is 1.08 bits per heavy atom. The van der Waals surface area contributed by atoms with Gasteiger partial charge in [-0.25, -0.2) is 13.8 Å². The number of carbonyl (C=O) groups is 1. The molecular formula is C19H16F2N2O2. The first-order valence-electron chi connectivity index (χ1n) is 7.76. The molecule has 0 bridgehead atoms. The van der Waals surface area contributed by atoms with Crippen LogP contribution >= 0.6 is 0 Å². The zero-order chi connectivity index (χ0) is 18.0. The van der Waals surface area contributed by atoms with Gasteiger partial charge in [0.15, 0.2) is 11.6 Å². The number of oxazole rings is 1. The largest absolute Gasteiger partial charge is 0.441 e. The zero-order valence-corrected chi connectivity index (χ0v) is 13.7. The van der Waals surface area contributed by atoms with Crippen LogP contribution in [0.3, 0.4) is 0 Å². The second-order valence-corrected chi connectivity index (χ2v) is 5.88. The van der Waals surface area contributed by atoms with Crippen LogP contribution in [0.2, 0.25) is 0 Å². The van der Waals surface area contributed by atoms with Crippen molar-refractivity contribution < 1.29 is 18.0 Å². The number of rotatable bonds is 4. The van der Waals surface area contributed by atoms with Crippen molar-refractivity contribution in [2.24, 2.45) is 0 Å². The highest BCUT2D eigenvalue weighted by atomic mass is 19.2. The van der Waals surface area contributed by atoms with E-state index in [2.05, 4.69) is 10.3 Å². The van der Waals surface area contributed by atoms with Crippen LogP contribution in [0.5, 0.6) is 0 Å². The van der Waals surface area contributed by atoms with Gasteiger partial charge in [-0.1, -0.05) is 13.8 Å². The standard InChI is InChI=1S/C19H16F2N2O2/c1-11(2)17-10-22-19(25-17)12-3-6-14(7-4-12)23-18(24)13-5-8-15(20)16(21)9-13/h3-11H,1-2H3,(H,23,24). The molecule has 1 N–H and O–H groups in total. The predicted molar refractivity (Wildman–Crippen MR) is 90.3 cm³/mol. The molecule has 0 aliphatic rings. The monoisotopic (exact) mass is 342 g/mol. The molecule has 3 rings (SSSR count). The minimum absolute atomic E-state index is 0.0391. The fraction of sp³-hybridized carbons (Fsp3) is 0.158. The number of halogens is 2. The van der Waals surface area contributed by atoms with E-state index in [1.807, 2.05) is 13.8 Å². The Bertz CT molecular complexity index is 902. The number of hydrogen-bond donors (Lipinski definition) is 1. The molecule has 0 saturated carbocycles. The van der Waals surface area contributed by atoms with Gasteiger partial charge in [0.05, 0.1) is 6.20 Å². The minimum Gasteiger partial charge on any atom is -0.441 e. The Balaban J connectivity index is 1.73. The van der Waals surface area contributed by atoms with Crippen molar-refractivity contribution in [3.05, 3.63) is 71.6 Å². The molecule has 0 radical (unpaired) electrons. The summed E-state index contributed by atoms with van der Waals surface area (Å²) in [5.41, 5.74) is 1.34. The second-order valence-electron chi connectivity index (χ2n) is 5.88. The van der Waals surface area contributed by atoms with Gasteiger partial charge in [0.1, 0.15) is 5.76 Å². The van der Waals surface area contributed by atoms with Gasteiger partial charge in [0.25, 0.3) is 5.91 Å².